The number of aromatic nitrogens is 1. The van der Waals surface area contributed by atoms with Gasteiger partial charge in [0, 0.05) is 38.4 Å². The van der Waals surface area contributed by atoms with Gasteiger partial charge in [-0.2, -0.15) is 0 Å². The third kappa shape index (κ3) is 1.48. The Balaban J connectivity index is 2.04. The van der Waals surface area contributed by atoms with Crippen molar-refractivity contribution in [2.24, 2.45) is 11.8 Å². The van der Waals surface area contributed by atoms with Gasteiger partial charge in [-0.15, -0.1) is 0 Å². The van der Waals surface area contributed by atoms with Gasteiger partial charge in [0.25, 0.3) is 0 Å². The maximum absolute atomic E-state index is 12.8. The van der Waals surface area contributed by atoms with Crippen molar-refractivity contribution >= 4 is 15.7 Å². The number of fused-ring (bicyclic) bond motifs is 1. The third-order valence-corrected chi connectivity index (χ3v) is 6.75. The Labute approximate surface area is 111 Å². The van der Waals surface area contributed by atoms with Gasteiger partial charge in [-0.1, -0.05) is 0 Å². The molecule has 102 valence electrons. The first kappa shape index (κ1) is 12.6. The largest absolute Gasteiger partial charge is 0.359 e. The summed E-state index contributed by atoms with van der Waals surface area (Å²) in [5, 5.41) is 5.62. The van der Waals surface area contributed by atoms with Crippen LogP contribution in [0.2, 0.25) is 0 Å². The van der Waals surface area contributed by atoms with Gasteiger partial charge in [0.1, 0.15) is 4.75 Å². The molecule has 1 aromatic heterocycles. The van der Waals surface area contributed by atoms with E-state index in [0.29, 0.717) is 13.1 Å². The second-order valence-electron chi connectivity index (χ2n) is 4.98. The molecule has 1 aliphatic heterocycles. The minimum Gasteiger partial charge on any atom is -0.359 e. The molecule has 1 aliphatic carbocycles. The predicted molar refractivity (Wildman–Crippen MR) is 68.1 cm³/mol. The number of rotatable bonds is 3. The van der Waals surface area contributed by atoms with Gasteiger partial charge < -0.3 is 10.6 Å². The molecule has 3 unspecified atom stereocenters. The minimum absolute atomic E-state index is 0.141. The normalized spacial score (nSPS) is 32.7. The highest BCUT2D eigenvalue weighted by Crippen LogP contribution is 2.60. The standard InChI is InChI=1S/C12H15N3O3S/c1-13-11(16)10-9-6-15-7-12(9,10)19(17,18)8-3-2-4-14-5-8/h2-5,9-10,15H,6-7H2,1H3,(H,13,16). The zero-order valence-electron chi connectivity index (χ0n) is 10.5. The highest BCUT2D eigenvalue weighted by molar-refractivity contribution is 7.93. The maximum Gasteiger partial charge on any atom is 0.224 e. The smallest absolute Gasteiger partial charge is 0.224 e. The van der Waals surface area contributed by atoms with Crippen LogP contribution in [0.1, 0.15) is 0 Å². The second kappa shape index (κ2) is 4.01. The molecule has 2 fully saturated rings. The van der Waals surface area contributed by atoms with E-state index in [2.05, 4.69) is 15.6 Å². The van der Waals surface area contributed by atoms with Gasteiger partial charge in [-0.3, -0.25) is 9.78 Å². The quantitative estimate of drug-likeness (QED) is 0.756. The molecule has 0 radical (unpaired) electrons. The van der Waals surface area contributed by atoms with Crippen molar-refractivity contribution in [2.45, 2.75) is 9.64 Å². The molecule has 6 nitrogen and oxygen atoms in total. The maximum atomic E-state index is 12.8. The van der Waals surface area contributed by atoms with E-state index >= 15 is 0 Å². The van der Waals surface area contributed by atoms with Crippen LogP contribution < -0.4 is 10.6 Å². The summed E-state index contributed by atoms with van der Waals surface area (Å²) in [5.74, 6) is -0.791. The van der Waals surface area contributed by atoms with Crippen molar-refractivity contribution in [1.29, 1.82) is 0 Å². The molecule has 3 atom stereocenters. The lowest BCUT2D eigenvalue weighted by molar-refractivity contribution is -0.122. The molecule has 1 aromatic rings. The van der Waals surface area contributed by atoms with E-state index in [0.717, 1.165) is 0 Å². The number of carbonyl (C=O) groups excluding carboxylic acids is 1. The number of hydrogen-bond acceptors (Lipinski definition) is 5. The molecule has 2 heterocycles. The molecule has 1 amide bonds. The Hall–Kier alpha value is -1.47. The first-order valence-corrected chi connectivity index (χ1v) is 7.61. The van der Waals surface area contributed by atoms with E-state index in [1.54, 1.807) is 6.07 Å². The number of piperidine rings is 1. The fourth-order valence-electron chi connectivity index (χ4n) is 3.19. The van der Waals surface area contributed by atoms with Crippen LogP contribution in [0, 0.1) is 11.8 Å². The first-order valence-electron chi connectivity index (χ1n) is 6.12. The summed E-state index contributed by atoms with van der Waals surface area (Å²) in [5.41, 5.74) is 0. The van der Waals surface area contributed by atoms with E-state index in [9.17, 15) is 13.2 Å². The van der Waals surface area contributed by atoms with Crippen LogP contribution in [0.4, 0.5) is 0 Å². The predicted octanol–water partition coefficient (Wildman–Crippen LogP) is -0.811. The number of nitrogens with one attached hydrogen (secondary N) is 2. The topological polar surface area (TPSA) is 88.2 Å². The lowest BCUT2D eigenvalue weighted by Crippen LogP contribution is -2.38. The monoisotopic (exact) mass is 281 g/mol. The van der Waals surface area contributed by atoms with Gasteiger partial charge in [0.05, 0.1) is 10.8 Å². The summed E-state index contributed by atoms with van der Waals surface area (Å²) < 4.78 is 24.5. The number of nitrogens with zero attached hydrogens (tertiary/aromatic N) is 1. The first-order chi connectivity index (χ1) is 9.05. The molecule has 1 saturated carbocycles. The van der Waals surface area contributed by atoms with Crippen molar-refractivity contribution in [3.05, 3.63) is 24.5 Å². The highest BCUT2D eigenvalue weighted by atomic mass is 32.2. The summed E-state index contributed by atoms with van der Waals surface area (Å²) in [4.78, 5) is 15.9. The third-order valence-electron chi connectivity index (χ3n) is 4.19. The average molecular weight is 281 g/mol. The van der Waals surface area contributed by atoms with E-state index in [1.165, 1.54) is 25.5 Å². The molecule has 7 heteroatoms. The minimum atomic E-state index is -3.55. The summed E-state index contributed by atoms with van der Waals surface area (Å²) in [7, 11) is -2.02. The molecule has 2 N–H and O–H groups in total. The summed E-state index contributed by atoms with van der Waals surface area (Å²) >= 11 is 0. The van der Waals surface area contributed by atoms with Crippen molar-refractivity contribution in [3.8, 4) is 0 Å². The molecule has 3 rings (SSSR count). The molecule has 1 saturated heterocycles. The Bertz CT molecular complexity index is 616. The average Bonchev–Trinajstić information content (AvgIpc) is 2.88. The van der Waals surface area contributed by atoms with Crippen LogP contribution in [0.25, 0.3) is 0 Å². The molecule has 0 bridgehead atoms. The van der Waals surface area contributed by atoms with E-state index in [1.807, 2.05) is 0 Å². The zero-order chi connectivity index (χ0) is 13.7. The summed E-state index contributed by atoms with van der Waals surface area (Å²) in [6.45, 7) is 0.893. The molecule has 0 spiro atoms. The van der Waals surface area contributed by atoms with Gasteiger partial charge in [-0.25, -0.2) is 8.42 Å². The summed E-state index contributed by atoms with van der Waals surface area (Å²) in [6.07, 6.45) is 2.88. The fraction of sp³-hybridized carbons (Fsp3) is 0.500. The summed E-state index contributed by atoms with van der Waals surface area (Å²) in [6, 6.07) is 3.13. The van der Waals surface area contributed by atoms with Crippen LogP contribution in [0.15, 0.2) is 29.4 Å². The molecule has 19 heavy (non-hydrogen) atoms. The van der Waals surface area contributed by atoms with Crippen LogP contribution in [0.3, 0.4) is 0 Å². The second-order valence-corrected chi connectivity index (χ2v) is 7.21. The van der Waals surface area contributed by atoms with Gasteiger partial charge in [-0.05, 0) is 12.1 Å². The van der Waals surface area contributed by atoms with Crippen LogP contribution in [-0.2, 0) is 14.6 Å². The van der Waals surface area contributed by atoms with Gasteiger partial charge in [0.2, 0.25) is 5.91 Å². The van der Waals surface area contributed by atoms with Crippen molar-refractivity contribution in [3.63, 3.8) is 0 Å². The zero-order valence-corrected chi connectivity index (χ0v) is 11.3. The highest BCUT2D eigenvalue weighted by Gasteiger charge is 2.77. The van der Waals surface area contributed by atoms with E-state index < -0.39 is 20.5 Å². The number of sulfone groups is 1. The van der Waals surface area contributed by atoms with E-state index in [-0.39, 0.29) is 16.7 Å². The molecule has 0 aromatic carbocycles. The number of pyridine rings is 1. The Kier molecular flexibility index (Phi) is 2.65. The van der Waals surface area contributed by atoms with Gasteiger partial charge in [0.15, 0.2) is 9.84 Å². The number of hydrogen-bond donors (Lipinski definition) is 2. The Morgan fingerprint density at radius 3 is 3.00 bits per heavy atom. The van der Waals surface area contributed by atoms with Gasteiger partial charge >= 0.3 is 0 Å². The van der Waals surface area contributed by atoms with Crippen LogP contribution in [-0.4, -0.2) is 44.2 Å². The van der Waals surface area contributed by atoms with Crippen molar-refractivity contribution < 1.29 is 13.2 Å². The Morgan fingerprint density at radius 2 is 2.37 bits per heavy atom. The number of amides is 1. The van der Waals surface area contributed by atoms with Crippen LogP contribution in [0.5, 0.6) is 0 Å². The molecular weight excluding hydrogens is 266 g/mol. The van der Waals surface area contributed by atoms with E-state index in [4.69, 9.17) is 0 Å². The van der Waals surface area contributed by atoms with Crippen molar-refractivity contribution in [2.75, 3.05) is 20.1 Å². The lowest BCUT2D eigenvalue weighted by atomic mass is 10.2. The SMILES string of the molecule is CNC(=O)C1C2CNCC21S(=O)(=O)c1cccnc1. The van der Waals surface area contributed by atoms with Crippen molar-refractivity contribution in [1.82, 2.24) is 15.6 Å². The van der Waals surface area contributed by atoms with Crippen LogP contribution >= 0.6 is 0 Å². The molecular formula is C12H15N3O3S. The molecule has 2 aliphatic rings. The fourth-order valence-corrected chi connectivity index (χ4v) is 5.54. The Morgan fingerprint density at radius 1 is 1.58 bits per heavy atom. The lowest BCUT2D eigenvalue weighted by Gasteiger charge is -2.15. The number of carbonyl (C=O) groups is 1.